The van der Waals surface area contributed by atoms with Crippen LogP contribution in [0.25, 0.3) is 0 Å². The van der Waals surface area contributed by atoms with E-state index in [1.165, 1.54) is 0 Å². The number of amides is 1. The SMILES string of the molecule is CC(C)C(O)CNC(=O)c1cc(Cl)cc(Cl)c1I. The lowest BCUT2D eigenvalue weighted by atomic mass is 10.1. The van der Waals surface area contributed by atoms with Gasteiger partial charge in [0.2, 0.25) is 0 Å². The van der Waals surface area contributed by atoms with Gasteiger partial charge in [-0.1, -0.05) is 37.0 Å². The Bertz CT molecular complexity index is 452. The fraction of sp³-hybridized carbons (Fsp3) is 0.417. The van der Waals surface area contributed by atoms with E-state index in [-0.39, 0.29) is 18.4 Å². The number of aliphatic hydroxyl groups excluding tert-OH is 1. The molecular weight excluding hydrogens is 388 g/mol. The van der Waals surface area contributed by atoms with Gasteiger partial charge in [0.15, 0.2) is 0 Å². The molecule has 100 valence electrons. The molecular formula is C12H14Cl2INO2. The van der Waals surface area contributed by atoms with Crippen molar-refractivity contribution < 1.29 is 9.90 Å². The first-order chi connectivity index (χ1) is 8.32. The number of benzene rings is 1. The summed E-state index contributed by atoms with van der Waals surface area (Å²) < 4.78 is 0.648. The molecule has 0 aliphatic rings. The first-order valence-electron chi connectivity index (χ1n) is 5.43. The van der Waals surface area contributed by atoms with Crippen molar-refractivity contribution >= 4 is 51.7 Å². The minimum Gasteiger partial charge on any atom is -0.391 e. The molecule has 0 saturated carbocycles. The number of hydrogen-bond donors (Lipinski definition) is 2. The number of carbonyl (C=O) groups excluding carboxylic acids is 1. The Morgan fingerprint density at radius 1 is 1.44 bits per heavy atom. The van der Waals surface area contributed by atoms with Crippen LogP contribution < -0.4 is 5.32 Å². The van der Waals surface area contributed by atoms with Crippen molar-refractivity contribution in [3.05, 3.63) is 31.3 Å². The van der Waals surface area contributed by atoms with Crippen LogP contribution in [0.15, 0.2) is 12.1 Å². The molecule has 2 N–H and O–H groups in total. The van der Waals surface area contributed by atoms with E-state index in [2.05, 4.69) is 5.32 Å². The zero-order valence-electron chi connectivity index (χ0n) is 10.0. The summed E-state index contributed by atoms with van der Waals surface area (Å²) in [7, 11) is 0. The van der Waals surface area contributed by atoms with Gasteiger partial charge >= 0.3 is 0 Å². The summed E-state index contributed by atoms with van der Waals surface area (Å²) in [5.41, 5.74) is 0.420. The maximum Gasteiger partial charge on any atom is 0.252 e. The normalized spacial score (nSPS) is 12.6. The molecule has 0 saturated heterocycles. The van der Waals surface area contributed by atoms with E-state index in [1.54, 1.807) is 12.1 Å². The molecule has 0 aliphatic carbocycles. The van der Waals surface area contributed by atoms with Gasteiger partial charge in [0.05, 0.1) is 16.7 Å². The second-order valence-electron chi connectivity index (χ2n) is 4.27. The summed E-state index contributed by atoms with van der Waals surface area (Å²) in [6.45, 7) is 3.98. The fourth-order valence-electron chi connectivity index (χ4n) is 1.25. The summed E-state index contributed by atoms with van der Waals surface area (Å²) in [5.74, 6) is -0.198. The van der Waals surface area contributed by atoms with E-state index in [9.17, 15) is 9.90 Å². The van der Waals surface area contributed by atoms with Gasteiger partial charge in [0.1, 0.15) is 0 Å². The largest absolute Gasteiger partial charge is 0.391 e. The van der Waals surface area contributed by atoms with E-state index in [4.69, 9.17) is 23.2 Å². The molecule has 1 rings (SSSR count). The Hall–Kier alpha value is -0.0400. The van der Waals surface area contributed by atoms with Crippen molar-refractivity contribution in [1.29, 1.82) is 0 Å². The van der Waals surface area contributed by atoms with Crippen LogP contribution in [0.4, 0.5) is 0 Å². The van der Waals surface area contributed by atoms with Crippen LogP contribution in [0, 0.1) is 9.49 Å². The van der Waals surface area contributed by atoms with Crippen LogP contribution in [0.2, 0.25) is 10.0 Å². The number of aliphatic hydroxyl groups is 1. The first-order valence-corrected chi connectivity index (χ1v) is 7.27. The summed E-state index contributed by atoms with van der Waals surface area (Å²) in [6, 6.07) is 3.15. The highest BCUT2D eigenvalue weighted by Crippen LogP contribution is 2.26. The van der Waals surface area contributed by atoms with Gasteiger partial charge in [-0.3, -0.25) is 4.79 Å². The minimum atomic E-state index is -0.568. The molecule has 3 nitrogen and oxygen atoms in total. The first kappa shape index (κ1) is 16.0. The molecule has 0 bridgehead atoms. The molecule has 1 amide bonds. The Balaban J connectivity index is 2.79. The second-order valence-corrected chi connectivity index (χ2v) is 6.19. The number of rotatable bonds is 4. The number of nitrogens with one attached hydrogen (secondary N) is 1. The predicted molar refractivity (Wildman–Crippen MR) is 82.4 cm³/mol. The van der Waals surface area contributed by atoms with Crippen molar-refractivity contribution in [3.63, 3.8) is 0 Å². The Kier molecular flexibility index (Phi) is 6.17. The van der Waals surface area contributed by atoms with Crippen molar-refractivity contribution in [3.8, 4) is 0 Å². The van der Waals surface area contributed by atoms with Crippen LogP contribution in [-0.4, -0.2) is 23.7 Å². The van der Waals surface area contributed by atoms with Crippen LogP contribution in [-0.2, 0) is 0 Å². The highest BCUT2D eigenvalue weighted by molar-refractivity contribution is 14.1. The molecule has 0 aromatic heterocycles. The molecule has 0 radical (unpaired) electrons. The van der Waals surface area contributed by atoms with E-state index in [1.807, 2.05) is 36.4 Å². The Labute approximate surface area is 130 Å². The second kappa shape index (κ2) is 6.93. The fourth-order valence-corrected chi connectivity index (χ4v) is 2.30. The van der Waals surface area contributed by atoms with Crippen molar-refractivity contribution in [2.75, 3.05) is 6.54 Å². The zero-order valence-corrected chi connectivity index (χ0v) is 13.7. The van der Waals surface area contributed by atoms with Crippen molar-refractivity contribution in [2.24, 2.45) is 5.92 Å². The summed E-state index contributed by atoms with van der Waals surface area (Å²) >= 11 is 13.8. The summed E-state index contributed by atoms with van der Waals surface area (Å²) in [4.78, 5) is 12.0. The van der Waals surface area contributed by atoms with Gasteiger partial charge in [-0.2, -0.15) is 0 Å². The molecule has 0 aliphatic heterocycles. The molecule has 18 heavy (non-hydrogen) atoms. The number of hydrogen-bond acceptors (Lipinski definition) is 2. The summed E-state index contributed by atoms with van der Waals surface area (Å²) in [6.07, 6.45) is -0.568. The number of carbonyl (C=O) groups is 1. The lowest BCUT2D eigenvalue weighted by Crippen LogP contribution is -2.35. The lowest BCUT2D eigenvalue weighted by Gasteiger charge is -2.15. The Morgan fingerprint density at radius 2 is 2.06 bits per heavy atom. The van der Waals surface area contributed by atoms with Gasteiger partial charge in [-0.25, -0.2) is 0 Å². The third-order valence-electron chi connectivity index (χ3n) is 2.48. The standard InChI is InChI=1S/C12H14Cl2INO2/c1-6(2)10(17)5-16-12(18)8-3-7(13)4-9(14)11(8)15/h3-4,6,10,17H,5H2,1-2H3,(H,16,18). The van der Waals surface area contributed by atoms with Crippen molar-refractivity contribution in [2.45, 2.75) is 20.0 Å². The van der Waals surface area contributed by atoms with E-state index in [0.717, 1.165) is 0 Å². The molecule has 1 unspecified atom stereocenters. The Morgan fingerprint density at radius 3 is 2.61 bits per heavy atom. The van der Waals surface area contributed by atoms with Crippen molar-refractivity contribution in [1.82, 2.24) is 5.32 Å². The molecule has 1 aromatic rings. The smallest absolute Gasteiger partial charge is 0.252 e. The van der Waals surface area contributed by atoms with Gasteiger partial charge in [-0.15, -0.1) is 0 Å². The predicted octanol–water partition coefficient (Wildman–Crippen LogP) is 3.34. The average Bonchev–Trinajstić information content (AvgIpc) is 2.29. The van der Waals surface area contributed by atoms with Gasteiger partial charge < -0.3 is 10.4 Å². The van der Waals surface area contributed by atoms with Gasteiger partial charge in [0, 0.05) is 15.1 Å². The van der Waals surface area contributed by atoms with Gasteiger partial charge in [0.25, 0.3) is 5.91 Å². The lowest BCUT2D eigenvalue weighted by molar-refractivity contribution is 0.0871. The highest BCUT2D eigenvalue weighted by Gasteiger charge is 2.16. The molecule has 1 atom stereocenters. The maximum absolute atomic E-state index is 12.0. The zero-order chi connectivity index (χ0) is 13.9. The summed E-state index contributed by atoms with van der Waals surface area (Å²) in [5, 5.41) is 13.2. The highest BCUT2D eigenvalue weighted by atomic mass is 127. The van der Waals surface area contributed by atoms with E-state index < -0.39 is 6.10 Å². The number of halogens is 3. The molecule has 1 aromatic carbocycles. The topological polar surface area (TPSA) is 49.3 Å². The van der Waals surface area contributed by atoms with Crippen LogP contribution in [0.1, 0.15) is 24.2 Å². The van der Waals surface area contributed by atoms with E-state index in [0.29, 0.717) is 19.2 Å². The minimum absolute atomic E-state index is 0.0901. The third-order valence-corrected chi connectivity index (χ3v) is 4.48. The van der Waals surface area contributed by atoms with Gasteiger partial charge in [-0.05, 0) is 40.6 Å². The average molecular weight is 402 g/mol. The maximum atomic E-state index is 12.0. The molecule has 6 heteroatoms. The third kappa shape index (κ3) is 4.26. The quantitative estimate of drug-likeness (QED) is 0.600. The van der Waals surface area contributed by atoms with E-state index >= 15 is 0 Å². The molecule has 0 heterocycles. The monoisotopic (exact) mass is 401 g/mol. The van der Waals surface area contributed by atoms with Crippen LogP contribution in [0.3, 0.4) is 0 Å². The van der Waals surface area contributed by atoms with Crippen LogP contribution >= 0.6 is 45.8 Å². The molecule has 0 fully saturated rings. The molecule has 0 spiro atoms. The van der Waals surface area contributed by atoms with Crippen LogP contribution in [0.5, 0.6) is 0 Å².